The third-order valence-corrected chi connectivity index (χ3v) is 6.83. The zero-order valence-corrected chi connectivity index (χ0v) is 19.2. The number of halogens is 2. The van der Waals surface area contributed by atoms with Crippen LogP contribution in [0.15, 0.2) is 59.5 Å². The van der Waals surface area contributed by atoms with Crippen molar-refractivity contribution >= 4 is 40.4 Å². The molecule has 1 aliphatic rings. The van der Waals surface area contributed by atoms with Crippen molar-refractivity contribution < 1.29 is 18.7 Å². The standard InChI is InChI=1S/C23H21ClFN3O4S/c1-32-18-11-13(10-17(18)27-23(31)19-7-8-20(24)33-19)22(30)26-16-6-5-14(12-15(16)25)28-9-3-2-4-21(28)29/h2-9,12-13,17-18H,10-11H2,1H3,(H,26,30)(H,27,31)/t13-,17+,18+/m1/s1. The van der Waals surface area contributed by atoms with Crippen LogP contribution >= 0.6 is 22.9 Å². The highest BCUT2D eigenvalue weighted by molar-refractivity contribution is 7.18. The molecule has 0 saturated heterocycles. The molecule has 7 nitrogen and oxygen atoms in total. The summed E-state index contributed by atoms with van der Waals surface area (Å²) >= 11 is 7.07. The fourth-order valence-electron chi connectivity index (χ4n) is 3.93. The molecule has 0 radical (unpaired) electrons. The molecule has 4 rings (SSSR count). The number of ether oxygens (including phenoxy) is 1. The molecule has 1 saturated carbocycles. The molecule has 2 amide bonds. The minimum absolute atomic E-state index is 0.0161. The lowest BCUT2D eigenvalue weighted by atomic mass is 10.1. The maximum Gasteiger partial charge on any atom is 0.261 e. The van der Waals surface area contributed by atoms with Crippen molar-refractivity contribution in [3.05, 3.63) is 80.1 Å². The molecule has 1 aliphatic carbocycles. The molecule has 3 aromatic rings. The van der Waals surface area contributed by atoms with E-state index in [9.17, 15) is 18.8 Å². The number of hydrogen-bond donors (Lipinski definition) is 2. The first-order valence-corrected chi connectivity index (χ1v) is 11.4. The zero-order valence-electron chi connectivity index (χ0n) is 17.6. The monoisotopic (exact) mass is 489 g/mol. The Balaban J connectivity index is 1.42. The second-order valence-corrected chi connectivity index (χ2v) is 9.40. The van der Waals surface area contributed by atoms with Gasteiger partial charge in [0.15, 0.2) is 0 Å². The van der Waals surface area contributed by atoms with Crippen LogP contribution in [0.2, 0.25) is 4.34 Å². The number of nitrogens with zero attached hydrogens (tertiary/aromatic N) is 1. The molecule has 0 spiro atoms. The van der Waals surface area contributed by atoms with E-state index >= 15 is 0 Å². The second kappa shape index (κ2) is 9.86. The van der Waals surface area contributed by atoms with Gasteiger partial charge in [0.25, 0.3) is 11.5 Å². The molecule has 0 aliphatic heterocycles. The van der Waals surface area contributed by atoms with Gasteiger partial charge < -0.3 is 15.4 Å². The van der Waals surface area contributed by atoms with Crippen molar-refractivity contribution in [2.24, 2.45) is 5.92 Å². The molecular formula is C23H21ClFN3O4S. The van der Waals surface area contributed by atoms with Crippen molar-refractivity contribution in [3.8, 4) is 5.69 Å². The van der Waals surface area contributed by atoms with E-state index in [4.69, 9.17) is 16.3 Å². The number of thiophene rings is 1. The lowest BCUT2D eigenvalue weighted by Crippen LogP contribution is -2.40. The van der Waals surface area contributed by atoms with Crippen LogP contribution in [0.5, 0.6) is 0 Å². The molecule has 0 bridgehead atoms. The molecule has 10 heteroatoms. The fraction of sp³-hybridized carbons (Fsp3) is 0.261. The van der Waals surface area contributed by atoms with Gasteiger partial charge in [0, 0.05) is 31.4 Å². The minimum atomic E-state index is -0.655. The van der Waals surface area contributed by atoms with Crippen LogP contribution in [0.25, 0.3) is 5.69 Å². The van der Waals surface area contributed by atoms with Crippen molar-refractivity contribution in [3.63, 3.8) is 0 Å². The van der Waals surface area contributed by atoms with Crippen LogP contribution < -0.4 is 16.2 Å². The largest absolute Gasteiger partial charge is 0.379 e. The van der Waals surface area contributed by atoms with Crippen LogP contribution in [0.1, 0.15) is 22.5 Å². The normalized spacial score (nSPS) is 19.9. The topological polar surface area (TPSA) is 89.4 Å². The molecule has 0 unspecified atom stereocenters. The predicted octanol–water partition coefficient (Wildman–Crippen LogP) is 3.85. The molecule has 2 aromatic heterocycles. The van der Waals surface area contributed by atoms with Gasteiger partial charge in [-0.2, -0.15) is 0 Å². The van der Waals surface area contributed by atoms with E-state index in [1.165, 1.54) is 47.4 Å². The number of anilines is 1. The second-order valence-electron chi connectivity index (χ2n) is 7.69. The highest BCUT2D eigenvalue weighted by Gasteiger charge is 2.39. The van der Waals surface area contributed by atoms with E-state index in [-0.39, 0.29) is 35.2 Å². The van der Waals surface area contributed by atoms with Gasteiger partial charge in [-0.3, -0.25) is 19.0 Å². The lowest BCUT2D eigenvalue weighted by molar-refractivity contribution is -0.120. The van der Waals surface area contributed by atoms with E-state index in [0.29, 0.717) is 27.7 Å². The summed E-state index contributed by atoms with van der Waals surface area (Å²) in [6.07, 6.45) is 1.93. The lowest BCUT2D eigenvalue weighted by Gasteiger charge is -2.18. The third kappa shape index (κ3) is 5.16. The molecule has 1 aromatic carbocycles. The summed E-state index contributed by atoms with van der Waals surface area (Å²) in [6.45, 7) is 0. The molecule has 1 fully saturated rings. The van der Waals surface area contributed by atoms with Crippen LogP contribution in [0.3, 0.4) is 0 Å². The summed E-state index contributed by atoms with van der Waals surface area (Å²) in [4.78, 5) is 37.7. The quantitative estimate of drug-likeness (QED) is 0.550. The van der Waals surface area contributed by atoms with E-state index in [1.54, 1.807) is 30.3 Å². The number of amides is 2. The summed E-state index contributed by atoms with van der Waals surface area (Å²) in [6, 6.07) is 11.7. The van der Waals surface area contributed by atoms with Crippen molar-refractivity contribution in [1.29, 1.82) is 0 Å². The predicted molar refractivity (Wildman–Crippen MR) is 125 cm³/mol. The third-order valence-electron chi connectivity index (χ3n) is 5.60. The van der Waals surface area contributed by atoms with E-state index in [2.05, 4.69) is 10.6 Å². The molecule has 2 N–H and O–H groups in total. The first-order valence-electron chi connectivity index (χ1n) is 10.2. The molecule has 3 atom stereocenters. The number of hydrogen-bond acceptors (Lipinski definition) is 5. The Bertz CT molecular complexity index is 1240. The smallest absolute Gasteiger partial charge is 0.261 e. The number of nitrogens with one attached hydrogen (secondary N) is 2. The Kier molecular flexibility index (Phi) is 6.92. The Morgan fingerprint density at radius 2 is 2.00 bits per heavy atom. The van der Waals surface area contributed by atoms with Gasteiger partial charge in [-0.25, -0.2) is 4.39 Å². The van der Waals surface area contributed by atoms with Gasteiger partial charge >= 0.3 is 0 Å². The summed E-state index contributed by atoms with van der Waals surface area (Å²) in [7, 11) is 1.52. The van der Waals surface area contributed by atoms with Crippen molar-refractivity contribution in [1.82, 2.24) is 9.88 Å². The van der Waals surface area contributed by atoms with Gasteiger partial charge in [0.2, 0.25) is 5.91 Å². The van der Waals surface area contributed by atoms with Crippen LogP contribution in [0, 0.1) is 11.7 Å². The highest BCUT2D eigenvalue weighted by atomic mass is 35.5. The summed E-state index contributed by atoms with van der Waals surface area (Å²) in [5.74, 6) is -1.77. The highest BCUT2D eigenvalue weighted by Crippen LogP contribution is 2.31. The molecule has 2 heterocycles. The first-order chi connectivity index (χ1) is 15.9. The summed E-state index contributed by atoms with van der Waals surface area (Å²) < 4.78 is 22.0. The average molecular weight is 490 g/mol. The van der Waals surface area contributed by atoms with Crippen molar-refractivity contribution in [2.45, 2.75) is 25.0 Å². The number of pyridine rings is 1. The van der Waals surface area contributed by atoms with Gasteiger partial charge in [-0.15, -0.1) is 11.3 Å². The molecule has 172 valence electrons. The van der Waals surface area contributed by atoms with Crippen LogP contribution in [-0.2, 0) is 9.53 Å². The van der Waals surface area contributed by atoms with E-state index in [1.807, 2.05) is 0 Å². The Labute approximate surface area is 198 Å². The zero-order chi connectivity index (χ0) is 23.5. The van der Waals surface area contributed by atoms with Gasteiger partial charge in [-0.05, 0) is 43.2 Å². The van der Waals surface area contributed by atoms with E-state index < -0.39 is 11.7 Å². The fourth-order valence-corrected chi connectivity index (χ4v) is 4.88. The van der Waals surface area contributed by atoms with E-state index in [0.717, 1.165) is 0 Å². The maximum atomic E-state index is 14.7. The van der Waals surface area contributed by atoms with Gasteiger partial charge in [-0.1, -0.05) is 17.7 Å². The van der Waals surface area contributed by atoms with Gasteiger partial charge in [0.05, 0.1) is 32.7 Å². The first kappa shape index (κ1) is 23.2. The number of benzene rings is 1. The Hall–Kier alpha value is -3.01. The van der Waals surface area contributed by atoms with Crippen molar-refractivity contribution in [2.75, 3.05) is 12.4 Å². The number of methoxy groups -OCH3 is 1. The Morgan fingerprint density at radius 3 is 2.67 bits per heavy atom. The van der Waals surface area contributed by atoms with Crippen LogP contribution in [-0.4, -0.2) is 35.6 Å². The molecule has 33 heavy (non-hydrogen) atoms. The summed E-state index contributed by atoms with van der Waals surface area (Å²) in [5, 5.41) is 5.52. The average Bonchev–Trinajstić information content (AvgIpc) is 3.41. The summed E-state index contributed by atoms with van der Waals surface area (Å²) in [5.41, 5.74) is 0.0819. The molecular weight excluding hydrogens is 469 g/mol. The minimum Gasteiger partial charge on any atom is -0.379 e. The SMILES string of the molecule is CO[C@H]1C[C@H](C(=O)Nc2ccc(-n3ccccc3=O)cc2F)C[C@@H]1NC(=O)c1ccc(Cl)s1. The van der Waals surface area contributed by atoms with Gasteiger partial charge in [0.1, 0.15) is 5.82 Å². The number of carbonyl (C=O) groups excluding carboxylic acids is 2. The maximum absolute atomic E-state index is 14.7. The number of carbonyl (C=O) groups is 2. The number of aromatic nitrogens is 1. The van der Waals surface area contributed by atoms with Crippen LogP contribution in [0.4, 0.5) is 10.1 Å². The Morgan fingerprint density at radius 1 is 1.18 bits per heavy atom. The number of rotatable bonds is 6.